The molecule has 0 spiro atoms. The van der Waals surface area contributed by atoms with Crippen LogP contribution in [0, 0.1) is 0 Å². The van der Waals surface area contributed by atoms with Gasteiger partial charge >= 0.3 is 11.9 Å². The lowest BCUT2D eigenvalue weighted by molar-refractivity contribution is -0.177. The van der Waals surface area contributed by atoms with E-state index in [0.29, 0.717) is 13.2 Å². The SMILES string of the molecule is CC1(C)O[C@H]([C@@H]2OC(C)(C)O[C@H]2C(=O)OCC2CO2)[C@@H](C(=O)OCC2CO2)O1. The number of rotatable bonds is 7. The normalized spacial score (nSPS) is 40.1. The fraction of sp³-hybridized carbons (Fsp3) is 0.889. The molecule has 0 aromatic carbocycles. The van der Waals surface area contributed by atoms with Gasteiger partial charge in [0.1, 0.15) is 37.6 Å². The van der Waals surface area contributed by atoms with Crippen molar-refractivity contribution in [2.45, 2.75) is 75.9 Å². The first-order valence-electron chi connectivity index (χ1n) is 9.41. The van der Waals surface area contributed by atoms with Crippen LogP contribution in [0.2, 0.25) is 0 Å². The van der Waals surface area contributed by atoms with Crippen LogP contribution in [-0.4, -0.2) is 86.6 Å². The topological polar surface area (TPSA) is 115 Å². The molecule has 0 aliphatic carbocycles. The average Bonchev–Trinajstić information content (AvgIpc) is 3.52. The van der Waals surface area contributed by atoms with Gasteiger partial charge in [-0.2, -0.15) is 0 Å². The third-order valence-corrected chi connectivity index (χ3v) is 4.67. The van der Waals surface area contributed by atoms with Gasteiger partial charge in [0, 0.05) is 0 Å². The van der Waals surface area contributed by atoms with Crippen molar-refractivity contribution >= 4 is 11.9 Å². The third-order valence-electron chi connectivity index (χ3n) is 4.67. The second kappa shape index (κ2) is 7.19. The van der Waals surface area contributed by atoms with Gasteiger partial charge in [-0.05, 0) is 27.7 Å². The van der Waals surface area contributed by atoms with Crippen molar-refractivity contribution in [2.75, 3.05) is 26.4 Å². The van der Waals surface area contributed by atoms with Crippen LogP contribution in [0.15, 0.2) is 0 Å². The molecule has 4 aliphatic rings. The highest BCUT2D eigenvalue weighted by atomic mass is 16.8. The number of carbonyl (C=O) groups is 2. The predicted octanol–water partition coefficient (Wildman–Crippen LogP) is -0.0894. The van der Waals surface area contributed by atoms with Crippen LogP contribution in [-0.2, 0) is 47.5 Å². The quantitative estimate of drug-likeness (QED) is 0.423. The molecular formula is C18H26O10. The predicted molar refractivity (Wildman–Crippen MR) is 89.0 cm³/mol. The highest BCUT2D eigenvalue weighted by molar-refractivity contribution is 5.78. The van der Waals surface area contributed by atoms with Gasteiger partial charge in [0.2, 0.25) is 0 Å². The van der Waals surface area contributed by atoms with E-state index in [0.717, 1.165) is 0 Å². The van der Waals surface area contributed by atoms with E-state index in [9.17, 15) is 9.59 Å². The molecule has 2 unspecified atom stereocenters. The van der Waals surface area contributed by atoms with Crippen molar-refractivity contribution in [3.8, 4) is 0 Å². The number of carbonyl (C=O) groups excluding carboxylic acids is 2. The van der Waals surface area contributed by atoms with Crippen molar-refractivity contribution in [2.24, 2.45) is 0 Å². The summed E-state index contributed by atoms with van der Waals surface area (Å²) in [5.74, 6) is -3.32. The van der Waals surface area contributed by atoms with Gasteiger partial charge in [-0.1, -0.05) is 0 Å². The van der Waals surface area contributed by atoms with E-state index in [1.165, 1.54) is 0 Å². The Morgan fingerprint density at radius 1 is 0.750 bits per heavy atom. The van der Waals surface area contributed by atoms with Gasteiger partial charge in [-0.25, -0.2) is 9.59 Å². The summed E-state index contributed by atoms with van der Waals surface area (Å²) in [6.45, 7) is 8.13. The lowest BCUT2D eigenvalue weighted by Crippen LogP contribution is -2.48. The Bertz CT molecular complexity index is 570. The maximum Gasteiger partial charge on any atom is 0.338 e. The first-order chi connectivity index (χ1) is 13.1. The molecule has 0 amide bonds. The minimum atomic E-state index is -1.07. The number of hydrogen-bond acceptors (Lipinski definition) is 10. The molecule has 10 nitrogen and oxygen atoms in total. The summed E-state index contributed by atoms with van der Waals surface area (Å²) in [7, 11) is 0. The molecule has 6 atom stereocenters. The Hall–Kier alpha value is -1.30. The van der Waals surface area contributed by atoms with Crippen LogP contribution >= 0.6 is 0 Å². The fourth-order valence-corrected chi connectivity index (χ4v) is 3.27. The van der Waals surface area contributed by atoms with E-state index in [2.05, 4.69) is 0 Å². The lowest BCUT2D eigenvalue weighted by Gasteiger charge is -2.24. The molecule has 4 aliphatic heterocycles. The smallest absolute Gasteiger partial charge is 0.338 e. The summed E-state index contributed by atoms with van der Waals surface area (Å²) in [4.78, 5) is 25.2. The van der Waals surface area contributed by atoms with E-state index in [-0.39, 0.29) is 25.4 Å². The molecule has 4 fully saturated rings. The van der Waals surface area contributed by atoms with Crippen LogP contribution in [0.3, 0.4) is 0 Å². The van der Waals surface area contributed by atoms with Crippen molar-refractivity contribution in [3.05, 3.63) is 0 Å². The fourth-order valence-electron chi connectivity index (χ4n) is 3.27. The minimum absolute atomic E-state index is 0.0740. The third kappa shape index (κ3) is 4.64. The van der Waals surface area contributed by atoms with Crippen molar-refractivity contribution in [1.29, 1.82) is 0 Å². The molecule has 4 heterocycles. The van der Waals surface area contributed by atoms with Crippen LogP contribution in [0.5, 0.6) is 0 Å². The standard InChI is InChI=1S/C18H26O10/c1-17(2)25-11(13(27-17)15(19)23-7-9-5-21-9)12-14(28-18(3,4)26-12)16(20)24-8-10-6-22-10/h9-14H,5-8H2,1-4H3/t9?,10?,11-,12+,13+,14-. The van der Waals surface area contributed by atoms with Crippen LogP contribution in [0.1, 0.15) is 27.7 Å². The molecule has 0 saturated carbocycles. The molecule has 28 heavy (non-hydrogen) atoms. The summed E-state index contributed by atoms with van der Waals surface area (Å²) < 4.78 is 44.0. The zero-order chi connectivity index (χ0) is 20.1. The average molecular weight is 402 g/mol. The molecule has 4 rings (SSSR count). The Labute approximate surface area is 162 Å². The van der Waals surface area contributed by atoms with E-state index in [4.69, 9.17) is 37.9 Å². The largest absolute Gasteiger partial charge is 0.461 e. The monoisotopic (exact) mass is 402 g/mol. The van der Waals surface area contributed by atoms with Gasteiger partial charge < -0.3 is 37.9 Å². The van der Waals surface area contributed by atoms with Gasteiger partial charge in [-0.3, -0.25) is 0 Å². The lowest BCUT2D eigenvalue weighted by atomic mass is 10.0. The van der Waals surface area contributed by atoms with E-state index >= 15 is 0 Å². The summed E-state index contributed by atoms with van der Waals surface area (Å²) in [6.07, 6.45) is -4.10. The zero-order valence-corrected chi connectivity index (χ0v) is 16.4. The summed E-state index contributed by atoms with van der Waals surface area (Å²) in [5.41, 5.74) is 0. The zero-order valence-electron chi connectivity index (χ0n) is 16.4. The second-order valence-electron chi connectivity index (χ2n) is 8.21. The Kier molecular flexibility index (Phi) is 5.13. The van der Waals surface area contributed by atoms with Gasteiger partial charge in [-0.15, -0.1) is 0 Å². The molecule has 0 N–H and O–H groups in total. The Morgan fingerprint density at radius 3 is 1.43 bits per heavy atom. The second-order valence-corrected chi connectivity index (χ2v) is 8.21. The first kappa shape index (κ1) is 20.0. The van der Waals surface area contributed by atoms with Crippen LogP contribution in [0.4, 0.5) is 0 Å². The minimum Gasteiger partial charge on any atom is -0.461 e. The van der Waals surface area contributed by atoms with Crippen molar-refractivity contribution in [3.63, 3.8) is 0 Å². The Balaban J connectivity index is 1.48. The molecule has 4 saturated heterocycles. The van der Waals surface area contributed by atoms with Crippen molar-refractivity contribution < 1.29 is 47.5 Å². The first-order valence-corrected chi connectivity index (χ1v) is 9.41. The van der Waals surface area contributed by atoms with E-state index in [1.54, 1.807) is 27.7 Å². The maximum atomic E-state index is 12.6. The summed E-state index contributed by atoms with van der Waals surface area (Å²) in [5, 5.41) is 0. The number of hydrogen-bond donors (Lipinski definition) is 0. The molecule has 0 aromatic rings. The highest BCUT2D eigenvalue weighted by Crippen LogP contribution is 2.39. The van der Waals surface area contributed by atoms with E-state index < -0.39 is 47.9 Å². The maximum absolute atomic E-state index is 12.6. The molecule has 10 heteroatoms. The molecular weight excluding hydrogens is 376 g/mol. The van der Waals surface area contributed by atoms with Crippen molar-refractivity contribution in [1.82, 2.24) is 0 Å². The van der Waals surface area contributed by atoms with Crippen LogP contribution < -0.4 is 0 Å². The molecule has 0 radical (unpaired) electrons. The van der Waals surface area contributed by atoms with Gasteiger partial charge in [0.15, 0.2) is 23.8 Å². The van der Waals surface area contributed by atoms with Crippen LogP contribution in [0.25, 0.3) is 0 Å². The number of esters is 2. The highest BCUT2D eigenvalue weighted by Gasteiger charge is 2.58. The number of epoxide rings is 2. The summed E-state index contributed by atoms with van der Waals surface area (Å²) >= 11 is 0. The van der Waals surface area contributed by atoms with Gasteiger partial charge in [0.25, 0.3) is 0 Å². The molecule has 0 bridgehead atoms. The molecule has 158 valence electrons. The van der Waals surface area contributed by atoms with Gasteiger partial charge in [0.05, 0.1) is 13.2 Å². The summed E-state index contributed by atoms with van der Waals surface area (Å²) in [6, 6.07) is 0. The van der Waals surface area contributed by atoms with E-state index in [1.807, 2.05) is 0 Å². The Morgan fingerprint density at radius 2 is 1.11 bits per heavy atom. The molecule has 0 aromatic heterocycles. The number of ether oxygens (including phenoxy) is 8.